The fourth-order valence-electron chi connectivity index (χ4n) is 3.09. The molecule has 1 aliphatic heterocycles. The number of amides is 2. The van der Waals surface area contributed by atoms with Crippen LogP contribution in [0.1, 0.15) is 6.92 Å². The van der Waals surface area contributed by atoms with Gasteiger partial charge in [-0.05, 0) is 55.5 Å². The van der Waals surface area contributed by atoms with Crippen LogP contribution in [0.25, 0.3) is 0 Å². The molecular weight excluding hydrogens is 413 g/mol. The maximum absolute atomic E-state index is 12.9. The van der Waals surface area contributed by atoms with Gasteiger partial charge in [0.15, 0.2) is 0 Å². The third kappa shape index (κ3) is 6.45. The van der Waals surface area contributed by atoms with Gasteiger partial charge in [0, 0.05) is 41.8 Å². The van der Waals surface area contributed by atoms with Crippen LogP contribution in [0.5, 0.6) is 0 Å². The Balaban J connectivity index is 1.43. The van der Waals surface area contributed by atoms with E-state index in [4.69, 9.17) is 11.6 Å². The Hall–Kier alpha value is -2.09. The van der Waals surface area contributed by atoms with Gasteiger partial charge < -0.3 is 10.2 Å². The van der Waals surface area contributed by atoms with Crippen molar-refractivity contribution in [3.05, 3.63) is 59.4 Å². The Morgan fingerprint density at radius 2 is 1.69 bits per heavy atom. The minimum atomic E-state index is -0.341. The minimum Gasteiger partial charge on any atom is -0.339 e. The molecule has 1 atom stereocenters. The van der Waals surface area contributed by atoms with Gasteiger partial charge in [0.05, 0.1) is 11.8 Å². The monoisotopic (exact) mass is 435 g/mol. The standard InChI is InChI=1S/C21H23ClFN3O2S/c1-15(29-19-8-2-16(22)3-9-19)21(28)26-12-10-25(11-13-26)14-20(27)24-18-6-4-17(23)5-7-18/h2-9,15H,10-14H2,1H3,(H,24,27). The zero-order valence-electron chi connectivity index (χ0n) is 16.1. The first-order valence-electron chi connectivity index (χ1n) is 9.39. The van der Waals surface area contributed by atoms with Gasteiger partial charge in [0.25, 0.3) is 0 Å². The van der Waals surface area contributed by atoms with Crippen molar-refractivity contribution in [1.82, 2.24) is 9.80 Å². The van der Waals surface area contributed by atoms with E-state index in [1.54, 1.807) is 0 Å². The number of nitrogens with one attached hydrogen (secondary N) is 1. The van der Waals surface area contributed by atoms with E-state index in [2.05, 4.69) is 5.32 Å². The second-order valence-corrected chi connectivity index (χ2v) is 8.72. The third-order valence-electron chi connectivity index (χ3n) is 4.65. The average Bonchev–Trinajstić information content (AvgIpc) is 2.71. The third-order valence-corrected chi connectivity index (χ3v) is 6.00. The number of nitrogens with zero attached hydrogens (tertiary/aromatic N) is 2. The number of benzene rings is 2. The molecule has 5 nitrogen and oxygen atoms in total. The van der Waals surface area contributed by atoms with Crippen molar-refractivity contribution in [2.75, 3.05) is 38.0 Å². The summed E-state index contributed by atoms with van der Waals surface area (Å²) < 4.78 is 12.9. The molecule has 0 spiro atoms. The average molecular weight is 436 g/mol. The van der Waals surface area contributed by atoms with Gasteiger partial charge in [0.2, 0.25) is 11.8 Å². The SMILES string of the molecule is CC(Sc1ccc(Cl)cc1)C(=O)N1CCN(CC(=O)Nc2ccc(F)cc2)CC1. The first-order valence-corrected chi connectivity index (χ1v) is 10.7. The smallest absolute Gasteiger partial charge is 0.238 e. The van der Waals surface area contributed by atoms with Crippen LogP contribution in [0.2, 0.25) is 5.02 Å². The van der Waals surface area contributed by atoms with Crippen molar-refractivity contribution in [2.24, 2.45) is 0 Å². The molecule has 1 N–H and O–H groups in total. The zero-order chi connectivity index (χ0) is 20.8. The van der Waals surface area contributed by atoms with Gasteiger partial charge >= 0.3 is 0 Å². The summed E-state index contributed by atoms with van der Waals surface area (Å²) in [7, 11) is 0. The van der Waals surface area contributed by atoms with Crippen LogP contribution in [0.15, 0.2) is 53.4 Å². The lowest BCUT2D eigenvalue weighted by Crippen LogP contribution is -2.52. The molecule has 2 amide bonds. The summed E-state index contributed by atoms with van der Waals surface area (Å²) in [5, 5.41) is 3.24. The summed E-state index contributed by atoms with van der Waals surface area (Å²) in [5.41, 5.74) is 0.568. The number of carbonyl (C=O) groups is 2. The van der Waals surface area contributed by atoms with Crippen molar-refractivity contribution >= 4 is 40.9 Å². The van der Waals surface area contributed by atoms with E-state index in [-0.39, 0.29) is 29.4 Å². The maximum atomic E-state index is 12.9. The highest BCUT2D eigenvalue weighted by Gasteiger charge is 2.26. The highest BCUT2D eigenvalue weighted by Crippen LogP contribution is 2.26. The molecule has 0 bridgehead atoms. The summed E-state index contributed by atoms with van der Waals surface area (Å²) in [5.74, 6) is -0.393. The van der Waals surface area contributed by atoms with E-state index < -0.39 is 0 Å². The molecule has 1 aliphatic rings. The van der Waals surface area contributed by atoms with Crippen molar-refractivity contribution < 1.29 is 14.0 Å². The first kappa shape index (κ1) is 21.6. The van der Waals surface area contributed by atoms with Crippen LogP contribution in [0.4, 0.5) is 10.1 Å². The molecule has 29 heavy (non-hydrogen) atoms. The molecule has 1 saturated heterocycles. The first-order chi connectivity index (χ1) is 13.9. The molecule has 3 rings (SSSR count). The Morgan fingerprint density at radius 3 is 2.31 bits per heavy atom. The molecule has 0 saturated carbocycles. The Kier molecular flexibility index (Phi) is 7.52. The van der Waals surface area contributed by atoms with Crippen LogP contribution in [-0.4, -0.2) is 59.6 Å². The highest BCUT2D eigenvalue weighted by molar-refractivity contribution is 8.00. The highest BCUT2D eigenvalue weighted by atomic mass is 35.5. The predicted molar refractivity (Wildman–Crippen MR) is 115 cm³/mol. The van der Waals surface area contributed by atoms with Crippen molar-refractivity contribution in [2.45, 2.75) is 17.1 Å². The lowest BCUT2D eigenvalue weighted by molar-refractivity contribution is -0.132. The van der Waals surface area contributed by atoms with E-state index in [1.165, 1.54) is 36.0 Å². The summed E-state index contributed by atoms with van der Waals surface area (Å²) in [6.45, 7) is 4.61. The van der Waals surface area contributed by atoms with Gasteiger partial charge in [-0.1, -0.05) is 11.6 Å². The van der Waals surface area contributed by atoms with Crippen molar-refractivity contribution in [1.29, 1.82) is 0 Å². The van der Waals surface area contributed by atoms with E-state index >= 15 is 0 Å². The summed E-state index contributed by atoms with van der Waals surface area (Å²) in [6, 6.07) is 13.1. The molecular formula is C21H23ClFN3O2S. The minimum absolute atomic E-state index is 0.0976. The van der Waals surface area contributed by atoms with Crippen LogP contribution in [0.3, 0.4) is 0 Å². The van der Waals surface area contributed by atoms with E-state index in [1.807, 2.05) is 41.0 Å². The van der Waals surface area contributed by atoms with Gasteiger partial charge in [-0.3, -0.25) is 14.5 Å². The summed E-state index contributed by atoms with van der Waals surface area (Å²) >= 11 is 7.41. The quantitative estimate of drug-likeness (QED) is 0.702. The van der Waals surface area contributed by atoms with Gasteiger partial charge in [0.1, 0.15) is 5.82 Å². The van der Waals surface area contributed by atoms with Gasteiger partial charge in [-0.2, -0.15) is 0 Å². The normalized spacial score (nSPS) is 15.8. The predicted octanol–water partition coefficient (Wildman–Crippen LogP) is 3.74. The van der Waals surface area contributed by atoms with Crippen LogP contribution >= 0.6 is 23.4 Å². The van der Waals surface area contributed by atoms with Gasteiger partial charge in [-0.15, -0.1) is 11.8 Å². The fourth-order valence-corrected chi connectivity index (χ4v) is 4.17. The second kappa shape index (κ2) is 10.1. The topological polar surface area (TPSA) is 52.7 Å². The van der Waals surface area contributed by atoms with Crippen molar-refractivity contribution in [3.8, 4) is 0 Å². The molecule has 1 heterocycles. The fraction of sp³-hybridized carbons (Fsp3) is 0.333. The number of thioether (sulfide) groups is 1. The van der Waals surface area contributed by atoms with E-state index in [9.17, 15) is 14.0 Å². The zero-order valence-corrected chi connectivity index (χ0v) is 17.7. The van der Waals surface area contributed by atoms with Crippen LogP contribution < -0.4 is 5.32 Å². The molecule has 0 radical (unpaired) electrons. The number of piperazine rings is 1. The molecule has 154 valence electrons. The molecule has 0 aromatic heterocycles. The molecule has 1 unspecified atom stereocenters. The second-order valence-electron chi connectivity index (χ2n) is 6.87. The lowest BCUT2D eigenvalue weighted by atomic mass is 10.2. The lowest BCUT2D eigenvalue weighted by Gasteiger charge is -2.35. The molecule has 1 fully saturated rings. The number of hydrogen-bond donors (Lipinski definition) is 1. The Labute approximate surface area is 179 Å². The number of carbonyl (C=O) groups excluding carboxylic acids is 2. The number of halogens is 2. The number of hydrogen-bond acceptors (Lipinski definition) is 4. The maximum Gasteiger partial charge on any atom is 0.238 e. The van der Waals surface area contributed by atoms with Crippen LogP contribution in [0, 0.1) is 5.82 Å². The number of rotatable bonds is 6. The molecule has 8 heteroatoms. The summed E-state index contributed by atoms with van der Waals surface area (Å²) in [4.78, 5) is 29.8. The molecule has 0 aliphatic carbocycles. The van der Waals surface area contributed by atoms with Gasteiger partial charge in [-0.25, -0.2) is 4.39 Å². The van der Waals surface area contributed by atoms with E-state index in [0.29, 0.717) is 36.9 Å². The van der Waals surface area contributed by atoms with Crippen LogP contribution in [-0.2, 0) is 9.59 Å². The Morgan fingerprint density at radius 1 is 1.07 bits per heavy atom. The largest absolute Gasteiger partial charge is 0.339 e. The summed E-state index contributed by atoms with van der Waals surface area (Å²) in [6.07, 6.45) is 0. The van der Waals surface area contributed by atoms with E-state index in [0.717, 1.165) is 4.90 Å². The molecule has 2 aromatic rings. The molecule has 2 aromatic carbocycles. The number of anilines is 1. The Bertz CT molecular complexity index is 840. The van der Waals surface area contributed by atoms with Crippen molar-refractivity contribution in [3.63, 3.8) is 0 Å².